The van der Waals surface area contributed by atoms with Gasteiger partial charge < -0.3 is 0 Å². The lowest BCUT2D eigenvalue weighted by molar-refractivity contribution is 0.192. The second-order valence-electron chi connectivity index (χ2n) is 6.05. The number of aryl methyl sites for hydroxylation is 1. The van der Waals surface area contributed by atoms with E-state index in [4.69, 9.17) is 0 Å². The molecule has 0 spiro atoms. The van der Waals surface area contributed by atoms with Gasteiger partial charge in [-0.15, -0.1) is 11.3 Å². The third kappa shape index (κ3) is 3.97. The summed E-state index contributed by atoms with van der Waals surface area (Å²) in [4.78, 5) is 19.6. The van der Waals surface area contributed by atoms with Gasteiger partial charge in [-0.3, -0.25) is 14.1 Å². The van der Waals surface area contributed by atoms with E-state index in [9.17, 15) is 13.2 Å². The fraction of sp³-hybridized carbons (Fsp3) is 0.571. The number of aromatic nitrogens is 2. The molecule has 0 bridgehead atoms. The molecule has 3 heterocycles. The van der Waals surface area contributed by atoms with Crippen LogP contribution in [0.2, 0.25) is 0 Å². The van der Waals surface area contributed by atoms with E-state index in [2.05, 4.69) is 14.6 Å². The van der Waals surface area contributed by atoms with Gasteiger partial charge in [-0.05, 0) is 26.3 Å². The summed E-state index contributed by atoms with van der Waals surface area (Å²) in [6, 6.07) is 1.49. The Labute approximate surface area is 139 Å². The van der Waals surface area contributed by atoms with Crippen molar-refractivity contribution in [1.29, 1.82) is 0 Å². The lowest BCUT2D eigenvalue weighted by Crippen LogP contribution is -2.47. The quantitative estimate of drug-likeness (QED) is 0.866. The van der Waals surface area contributed by atoms with Crippen molar-refractivity contribution in [2.75, 3.05) is 19.3 Å². The van der Waals surface area contributed by atoms with E-state index in [0.717, 1.165) is 30.8 Å². The Kier molecular flexibility index (Phi) is 4.54. The molecule has 0 aromatic carbocycles. The van der Waals surface area contributed by atoms with Crippen LogP contribution in [0.1, 0.15) is 24.2 Å². The Morgan fingerprint density at radius 2 is 2.26 bits per heavy atom. The largest absolute Gasteiger partial charge is 0.296 e. The molecule has 1 aliphatic rings. The van der Waals surface area contributed by atoms with Crippen LogP contribution in [0.25, 0.3) is 4.96 Å². The van der Waals surface area contributed by atoms with Gasteiger partial charge in [-0.25, -0.2) is 18.1 Å². The molecule has 0 unspecified atom stereocenters. The van der Waals surface area contributed by atoms with Crippen molar-refractivity contribution in [1.82, 2.24) is 19.0 Å². The second kappa shape index (κ2) is 6.31. The summed E-state index contributed by atoms with van der Waals surface area (Å²) in [7, 11) is -3.20. The zero-order valence-electron chi connectivity index (χ0n) is 13.2. The lowest BCUT2D eigenvalue weighted by Gasteiger charge is -2.32. The molecule has 1 aliphatic heterocycles. The molecule has 1 saturated heterocycles. The van der Waals surface area contributed by atoms with E-state index in [1.807, 2.05) is 12.3 Å². The highest BCUT2D eigenvalue weighted by atomic mass is 32.2. The van der Waals surface area contributed by atoms with Crippen LogP contribution in [0.4, 0.5) is 0 Å². The van der Waals surface area contributed by atoms with Crippen molar-refractivity contribution in [3.63, 3.8) is 0 Å². The molecular formula is C14H20N4O3S2. The van der Waals surface area contributed by atoms with Crippen molar-refractivity contribution in [2.45, 2.75) is 32.4 Å². The van der Waals surface area contributed by atoms with Gasteiger partial charge in [-0.2, -0.15) is 0 Å². The fourth-order valence-electron chi connectivity index (χ4n) is 3.01. The molecule has 0 amide bonds. The van der Waals surface area contributed by atoms with Gasteiger partial charge in [0.2, 0.25) is 10.0 Å². The van der Waals surface area contributed by atoms with Crippen molar-refractivity contribution in [3.8, 4) is 0 Å². The minimum Gasteiger partial charge on any atom is -0.296 e. The monoisotopic (exact) mass is 356 g/mol. The summed E-state index contributed by atoms with van der Waals surface area (Å²) in [5.74, 6) is 0. The van der Waals surface area contributed by atoms with Gasteiger partial charge in [-0.1, -0.05) is 0 Å². The van der Waals surface area contributed by atoms with Crippen molar-refractivity contribution in [3.05, 3.63) is 33.2 Å². The standard InChI is InChI=1S/C14H20N4O3S2/c1-10-9-22-14-15-12(6-13(19)18(10)14)8-17-5-3-4-11(7-17)16-23(2,20)21/h6,9,11,16H,3-5,7-8H2,1-2H3/t11-/m0/s1. The molecule has 23 heavy (non-hydrogen) atoms. The summed E-state index contributed by atoms with van der Waals surface area (Å²) in [6.07, 6.45) is 2.94. The first-order valence-corrected chi connectivity index (χ1v) is 10.3. The molecule has 9 heteroatoms. The maximum Gasteiger partial charge on any atom is 0.259 e. The summed E-state index contributed by atoms with van der Waals surface area (Å²) in [5, 5.41) is 1.92. The van der Waals surface area contributed by atoms with Gasteiger partial charge in [0.05, 0.1) is 11.9 Å². The Morgan fingerprint density at radius 1 is 1.48 bits per heavy atom. The van der Waals surface area contributed by atoms with Crippen LogP contribution in [0.15, 0.2) is 16.2 Å². The third-order valence-electron chi connectivity index (χ3n) is 3.90. The molecule has 1 N–H and O–H groups in total. The molecule has 3 rings (SSSR count). The number of rotatable bonds is 4. The summed E-state index contributed by atoms with van der Waals surface area (Å²) in [6.45, 7) is 3.97. The average molecular weight is 356 g/mol. The molecule has 0 aliphatic carbocycles. The molecule has 0 saturated carbocycles. The minimum atomic E-state index is -3.20. The number of sulfonamides is 1. The number of fused-ring (bicyclic) bond motifs is 1. The summed E-state index contributed by atoms with van der Waals surface area (Å²) >= 11 is 1.45. The zero-order chi connectivity index (χ0) is 16.6. The number of hydrogen-bond acceptors (Lipinski definition) is 6. The number of nitrogens with zero attached hydrogens (tertiary/aromatic N) is 3. The van der Waals surface area contributed by atoms with E-state index < -0.39 is 10.0 Å². The molecule has 2 aromatic rings. The maximum atomic E-state index is 12.2. The first-order chi connectivity index (χ1) is 10.8. The smallest absolute Gasteiger partial charge is 0.259 e. The highest BCUT2D eigenvalue weighted by Crippen LogP contribution is 2.15. The SMILES string of the molecule is Cc1csc2nc(CN3CCC[C@H](NS(C)(=O)=O)C3)cc(=O)n12. The molecule has 7 nitrogen and oxygen atoms in total. The predicted molar refractivity (Wildman–Crippen MR) is 90.4 cm³/mol. The van der Waals surface area contributed by atoms with Crippen molar-refractivity contribution >= 4 is 26.3 Å². The van der Waals surface area contributed by atoms with Crippen LogP contribution in [-0.2, 0) is 16.6 Å². The van der Waals surface area contributed by atoms with Gasteiger partial charge >= 0.3 is 0 Å². The molecule has 1 atom stereocenters. The van der Waals surface area contributed by atoms with Gasteiger partial charge in [0, 0.05) is 36.3 Å². The fourth-order valence-corrected chi connectivity index (χ4v) is 4.70. The Hall–Kier alpha value is -1.29. The molecule has 0 radical (unpaired) electrons. The molecule has 126 valence electrons. The van der Waals surface area contributed by atoms with E-state index in [1.165, 1.54) is 17.6 Å². The summed E-state index contributed by atoms with van der Waals surface area (Å²) < 4.78 is 27.0. The number of hydrogen-bond donors (Lipinski definition) is 1. The van der Waals surface area contributed by atoms with Crippen LogP contribution >= 0.6 is 11.3 Å². The minimum absolute atomic E-state index is 0.0634. The average Bonchev–Trinajstić information content (AvgIpc) is 2.79. The van der Waals surface area contributed by atoms with E-state index in [-0.39, 0.29) is 11.6 Å². The predicted octanol–water partition coefficient (Wildman–Crippen LogP) is 0.578. The van der Waals surface area contributed by atoms with Crippen LogP contribution in [0.3, 0.4) is 0 Å². The van der Waals surface area contributed by atoms with Crippen LogP contribution < -0.4 is 10.3 Å². The molecular weight excluding hydrogens is 336 g/mol. The second-order valence-corrected chi connectivity index (χ2v) is 8.66. The van der Waals surface area contributed by atoms with Crippen LogP contribution in [-0.4, -0.2) is 48.1 Å². The van der Waals surface area contributed by atoms with E-state index in [0.29, 0.717) is 18.1 Å². The number of piperidine rings is 1. The van der Waals surface area contributed by atoms with Crippen LogP contribution in [0.5, 0.6) is 0 Å². The van der Waals surface area contributed by atoms with E-state index >= 15 is 0 Å². The first kappa shape index (κ1) is 16.6. The molecule has 1 fully saturated rings. The van der Waals surface area contributed by atoms with Gasteiger partial charge in [0.1, 0.15) is 0 Å². The van der Waals surface area contributed by atoms with Crippen LogP contribution in [0, 0.1) is 6.92 Å². The highest BCUT2D eigenvalue weighted by Gasteiger charge is 2.23. The highest BCUT2D eigenvalue weighted by molar-refractivity contribution is 7.88. The Balaban J connectivity index is 1.75. The molecule has 2 aromatic heterocycles. The number of likely N-dealkylation sites (tertiary alicyclic amines) is 1. The van der Waals surface area contributed by atoms with Crippen molar-refractivity contribution in [2.24, 2.45) is 0 Å². The zero-order valence-corrected chi connectivity index (χ0v) is 14.8. The Morgan fingerprint density at radius 3 is 3.00 bits per heavy atom. The number of nitrogens with one attached hydrogen (secondary N) is 1. The summed E-state index contributed by atoms with van der Waals surface area (Å²) in [5.41, 5.74) is 1.56. The maximum absolute atomic E-state index is 12.2. The van der Waals surface area contributed by atoms with E-state index in [1.54, 1.807) is 10.5 Å². The topological polar surface area (TPSA) is 83.8 Å². The Bertz CT molecular complexity index is 872. The van der Waals surface area contributed by atoms with Gasteiger partial charge in [0.15, 0.2) is 4.96 Å². The third-order valence-corrected chi connectivity index (χ3v) is 5.61. The van der Waals surface area contributed by atoms with Gasteiger partial charge in [0.25, 0.3) is 5.56 Å². The lowest BCUT2D eigenvalue weighted by atomic mass is 10.1. The van der Waals surface area contributed by atoms with Crippen molar-refractivity contribution < 1.29 is 8.42 Å². The number of thiazole rings is 1. The normalized spacial score (nSPS) is 20.2. The first-order valence-electron chi connectivity index (χ1n) is 7.48.